The van der Waals surface area contributed by atoms with E-state index in [1.807, 2.05) is 45.0 Å². The highest BCUT2D eigenvalue weighted by molar-refractivity contribution is 5.57. The molecule has 1 unspecified atom stereocenters. The Bertz CT molecular complexity index is 952. The summed E-state index contributed by atoms with van der Waals surface area (Å²) in [6.45, 7) is 5.59. The number of aliphatic hydroxyl groups is 4. The molecule has 2 aromatic rings. The summed E-state index contributed by atoms with van der Waals surface area (Å²) in [7, 11) is 0. The maximum atomic E-state index is 11.1. The van der Waals surface area contributed by atoms with E-state index in [4.69, 9.17) is 4.74 Å². The second-order valence-electron chi connectivity index (χ2n) is 9.65. The third kappa shape index (κ3) is 4.79. The molecule has 0 bridgehead atoms. The predicted octanol–water partition coefficient (Wildman–Crippen LogP) is 2.70. The number of ether oxygens (including phenoxy) is 1. The molecule has 0 aliphatic carbocycles. The molecule has 0 radical (unpaired) electrons. The topological polar surface area (TPSA) is 110 Å². The number of phenolic OH excluding ortho intramolecular Hbond substituents is 1. The van der Waals surface area contributed by atoms with Crippen molar-refractivity contribution in [3.05, 3.63) is 57.6 Å². The molecule has 176 valence electrons. The fraction of sp³-hybridized carbons (Fsp3) is 0.538. The molecule has 32 heavy (non-hydrogen) atoms. The van der Waals surface area contributed by atoms with Gasteiger partial charge in [-0.3, -0.25) is 0 Å². The smallest absolute Gasteiger partial charge is 0.158 e. The second kappa shape index (κ2) is 9.79. The molecule has 1 aliphatic rings. The van der Waals surface area contributed by atoms with E-state index in [0.717, 1.165) is 33.6 Å². The first-order valence-corrected chi connectivity index (χ1v) is 11.3. The second-order valence-corrected chi connectivity index (χ2v) is 9.65. The monoisotopic (exact) mass is 444 g/mol. The number of aliphatic hydroxyl groups excluding tert-OH is 4. The van der Waals surface area contributed by atoms with Crippen molar-refractivity contribution in [1.29, 1.82) is 0 Å². The van der Waals surface area contributed by atoms with Gasteiger partial charge >= 0.3 is 0 Å². The minimum Gasteiger partial charge on any atom is -0.507 e. The number of hydrogen-bond donors (Lipinski definition) is 5. The quantitative estimate of drug-likeness (QED) is 0.365. The van der Waals surface area contributed by atoms with Crippen LogP contribution >= 0.6 is 0 Å². The lowest BCUT2D eigenvalue weighted by atomic mass is 9.80. The summed E-state index contributed by atoms with van der Waals surface area (Å²) in [5, 5.41) is 49.4. The lowest BCUT2D eigenvalue weighted by Gasteiger charge is -2.42. The van der Waals surface area contributed by atoms with Crippen LogP contribution in [0.4, 0.5) is 0 Å². The minimum absolute atomic E-state index is 0.0862. The van der Waals surface area contributed by atoms with Gasteiger partial charge in [-0.1, -0.05) is 32.0 Å². The molecule has 1 heterocycles. The van der Waals surface area contributed by atoms with Crippen molar-refractivity contribution in [1.82, 2.24) is 0 Å². The van der Waals surface area contributed by atoms with Gasteiger partial charge in [0.05, 0.1) is 13.2 Å². The number of rotatable bonds is 11. The van der Waals surface area contributed by atoms with Crippen molar-refractivity contribution in [3.63, 3.8) is 0 Å². The van der Waals surface area contributed by atoms with Crippen LogP contribution in [0.25, 0.3) is 0 Å². The van der Waals surface area contributed by atoms with Gasteiger partial charge in [0.1, 0.15) is 11.5 Å². The van der Waals surface area contributed by atoms with Crippen molar-refractivity contribution in [3.8, 4) is 11.5 Å². The van der Waals surface area contributed by atoms with E-state index >= 15 is 0 Å². The van der Waals surface area contributed by atoms with Crippen LogP contribution in [0.2, 0.25) is 0 Å². The largest absolute Gasteiger partial charge is 0.507 e. The van der Waals surface area contributed by atoms with E-state index in [9.17, 15) is 25.5 Å². The van der Waals surface area contributed by atoms with E-state index in [-0.39, 0.29) is 32.2 Å². The van der Waals surface area contributed by atoms with Gasteiger partial charge in [0.15, 0.2) is 5.60 Å². The first kappa shape index (κ1) is 24.5. The van der Waals surface area contributed by atoms with E-state index in [1.165, 1.54) is 0 Å². The molecule has 0 aromatic heterocycles. The van der Waals surface area contributed by atoms with Crippen molar-refractivity contribution < 1.29 is 30.3 Å². The molecule has 0 spiro atoms. The van der Waals surface area contributed by atoms with Crippen LogP contribution in [0.1, 0.15) is 67.0 Å². The van der Waals surface area contributed by atoms with E-state index in [0.29, 0.717) is 37.7 Å². The van der Waals surface area contributed by atoms with Gasteiger partial charge in [0, 0.05) is 36.2 Å². The number of aryl methyl sites for hydroxylation is 2. The SMILES string of the molecule is CC(C)(CO)c1cc(CCCO)cc(Cc2cc(CCCO)cc3c2OC3(C)CO)c1O. The van der Waals surface area contributed by atoms with Gasteiger partial charge in [-0.05, 0) is 60.9 Å². The van der Waals surface area contributed by atoms with Gasteiger partial charge in [-0.25, -0.2) is 0 Å². The van der Waals surface area contributed by atoms with Crippen LogP contribution in [0, 0.1) is 0 Å². The molecule has 0 saturated heterocycles. The zero-order valence-electron chi connectivity index (χ0n) is 19.3. The summed E-state index contributed by atoms with van der Waals surface area (Å²) in [4.78, 5) is 0. The summed E-state index contributed by atoms with van der Waals surface area (Å²) >= 11 is 0. The molecule has 3 rings (SSSR count). The maximum absolute atomic E-state index is 11.1. The average Bonchev–Trinajstić information content (AvgIpc) is 2.78. The molecule has 0 saturated carbocycles. The Morgan fingerprint density at radius 2 is 1.47 bits per heavy atom. The summed E-state index contributed by atoms with van der Waals surface area (Å²) in [6, 6.07) is 7.95. The normalized spacial score (nSPS) is 17.6. The molecular formula is C26H36O6. The molecule has 5 N–H and O–H groups in total. The van der Waals surface area contributed by atoms with Crippen LogP contribution in [0.15, 0.2) is 24.3 Å². The van der Waals surface area contributed by atoms with E-state index in [1.54, 1.807) is 0 Å². The van der Waals surface area contributed by atoms with Gasteiger partial charge in [0.25, 0.3) is 0 Å². The molecular weight excluding hydrogens is 408 g/mol. The van der Waals surface area contributed by atoms with Gasteiger partial charge < -0.3 is 30.3 Å². The molecule has 2 aromatic carbocycles. The first-order chi connectivity index (χ1) is 15.2. The fourth-order valence-corrected chi connectivity index (χ4v) is 4.31. The third-order valence-corrected chi connectivity index (χ3v) is 6.43. The van der Waals surface area contributed by atoms with Crippen molar-refractivity contribution in [2.75, 3.05) is 26.4 Å². The Kier molecular flexibility index (Phi) is 7.50. The van der Waals surface area contributed by atoms with Crippen molar-refractivity contribution >= 4 is 0 Å². The summed E-state index contributed by atoms with van der Waals surface area (Å²) < 4.78 is 5.98. The van der Waals surface area contributed by atoms with Crippen LogP contribution in [-0.2, 0) is 30.3 Å². The lowest BCUT2D eigenvalue weighted by Crippen LogP contribution is -2.42. The number of phenols is 1. The van der Waals surface area contributed by atoms with Crippen LogP contribution in [0.3, 0.4) is 0 Å². The highest BCUT2D eigenvalue weighted by Gasteiger charge is 2.42. The molecule has 1 aliphatic heterocycles. The van der Waals surface area contributed by atoms with Crippen LogP contribution in [0.5, 0.6) is 11.5 Å². The highest BCUT2D eigenvalue weighted by Crippen LogP contribution is 2.48. The summed E-state index contributed by atoms with van der Waals surface area (Å²) in [6.07, 6.45) is 3.08. The molecule has 6 heteroatoms. The van der Waals surface area contributed by atoms with E-state index in [2.05, 4.69) is 0 Å². The molecule has 1 atom stereocenters. The zero-order chi connectivity index (χ0) is 23.5. The summed E-state index contributed by atoms with van der Waals surface area (Å²) in [5.41, 5.74) is 3.98. The maximum Gasteiger partial charge on any atom is 0.158 e. The third-order valence-electron chi connectivity index (χ3n) is 6.43. The Labute approximate surface area is 190 Å². The number of hydrogen-bond acceptors (Lipinski definition) is 6. The molecule has 6 nitrogen and oxygen atoms in total. The lowest BCUT2D eigenvalue weighted by molar-refractivity contribution is -0.0218. The Morgan fingerprint density at radius 3 is 2.03 bits per heavy atom. The van der Waals surface area contributed by atoms with Gasteiger partial charge in [0.2, 0.25) is 0 Å². The molecule has 0 fully saturated rings. The van der Waals surface area contributed by atoms with Gasteiger partial charge in [-0.2, -0.15) is 0 Å². The Balaban J connectivity index is 2.06. The Morgan fingerprint density at radius 1 is 0.875 bits per heavy atom. The first-order valence-electron chi connectivity index (χ1n) is 11.3. The van der Waals surface area contributed by atoms with Crippen LogP contribution in [-0.4, -0.2) is 52.0 Å². The van der Waals surface area contributed by atoms with Crippen LogP contribution < -0.4 is 4.74 Å². The predicted molar refractivity (Wildman–Crippen MR) is 123 cm³/mol. The molecule has 0 amide bonds. The minimum atomic E-state index is -0.742. The van der Waals surface area contributed by atoms with Crippen molar-refractivity contribution in [2.24, 2.45) is 0 Å². The van der Waals surface area contributed by atoms with Gasteiger partial charge in [-0.15, -0.1) is 0 Å². The Hall–Kier alpha value is -2.12. The number of aromatic hydroxyl groups is 1. The van der Waals surface area contributed by atoms with Crippen molar-refractivity contribution in [2.45, 2.75) is 63.9 Å². The fourth-order valence-electron chi connectivity index (χ4n) is 4.31. The summed E-state index contributed by atoms with van der Waals surface area (Å²) in [5.74, 6) is 0.896. The standard InChI is InChI=1S/C26H36O6/c1-25(2,15-29)21-12-17(6-4-8-27)10-19(23(21)31)14-20-11-18(7-5-9-28)13-22-24(20)32-26(22,3)16-30/h10-13,27-31H,4-9,14-16H2,1-3H3. The zero-order valence-corrected chi connectivity index (χ0v) is 19.3. The average molecular weight is 445 g/mol. The number of benzene rings is 2. The highest BCUT2D eigenvalue weighted by atomic mass is 16.5. The van der Waals surface area contributed by atoms with E-state index < -0.39 is 11.0 Å². The number of fused-ring (bicyclic) bond motifs is 1.